The first-order valence-corrected chi connectivity index (χ1v) is 7.71. The lowest BCUT2D eigenvalue weighted by molar-refractivity contribution is 0.157. The lowest BCUT2D eigenvalue weighted by atomic mass is 10.1. The van der Waals surface area contributed by atoms with Gasteiger partial charge in [-0.1, -0.05) is 28.1 Å². The van der Waals surface area contributed by atoms with Gasteiger partial charge in [0.05, 0.1) is 6.61 Å². The molecule has 0 spiro atoms. The summed E-state index contributed by atoms with van der Waals surface area (Å²) >= 11 is 3.50. The summed E-state index contributed by atoms with van der Waals surface area (Å²) < 4.78 is 6.34. The van der Waals surface area contributed by atoms with Gasteiger partial charge in [0.2, 0.25) is 0 Å². The Labute approximate surface area is 129 Å². The summed E-state index contributed by atoms with van der Waals surface area (Å²) in [6, 6.07) is 8.32. The number of ether oxygens (including phenoxy) is 1. The minimum absolute atomic E-state index is 0.615. The molecule has 1 aromatic rings. The van der Waals surface area contributed by atoms with Crippen molar-refractivity contribution < 1.29 is 4.74 Å². The predicted octanol–water partition coefficient (Wildman–Crippen LogP) is 2.49. The Kier molecular flexibility index (Phi) is 5.86. The molecule has 1 aliphatic rings. The van der Waals surface area contributed by atoms with Crippen molar-refractivity contribution in [3.8, 4) is 0 Å². The summed E-state index contributed by atoms with van der Waals surface area (Å²) in [5.74, 6) is 1.59. The van der Waals surface area contributed by atoms with Gasteiger partial charge in [-0.15, -0.1) is 0 Å². The van der Waals surface area contributed by atoms with Crippen molar-refractivity contribution in [3.63, 3.8) is 0 Å². The molecule has 1 fully saturated rings. The molecular formula is C15H22BrN3O. The summed E-state index contributed by atoms with van der Waals surface area (Å²) in [5.41, 5.74) is 1.24. The Bertz CT molecular complexity index is 464. The summed E-state index contributed by atoms with van der Waals surface area (Å²) in [4.78, 5) is 6.69. The molecule has 1 saturated heterocycles. The third kappa shape index (κ3) is 4.21. The van der Waals surface area contributed by atoms with Crippen LogP contribution in [-0.2, 0) is 11.3 Å². The van der Waals surface area contributed by atoms with E-state index in [1.165, 1.54) is 12.0 Å². The van der Waals surface area contributed by atoms with E-state index >= 15 is 0 Å². The first-order chi connectivity index (χ1) is 9.72. The number of aliphatic imine (C=N–C) groups is 1. The second kappa shape index (κ2) is 7.64. The molecule has 0 saturated carbocycles. The maximum absolute atomic E-state index is 5.24. The van der Waals surface area contributed by atoms with E-state index in [-0.39, 0.29) is 0 Å². The molecule has 0 aromatic heterocycles. The topological polar surface area (TPSA) is 36.9 Å². The molecule has 1 aliphatic heterocycles. The number of benzene rings is 1. The smallest absolute Gasteiger partial charge is 0.193 e. The van der Waals surface area contributed by atoms with E-state index < -0.39 is 0 Å². The number of rotatable bonds is 4. The second-order valence-electron chi connectivity index (χ2n) is 5.09. The molecular weight excluding hydrogens is 318 g/mol. The van der Waals surface area contributed by atoms with E-state index in [2.05, 4.69) is 43.3 Å². The van der Waals surface area contributed by atoms with Crippen LogP contribution in [0.15, 0.2) is 33.7 Å². The molecule has 4 nitrogen and oxygen atoms in total. The first kappa shape index (κ1) is 15.3. The van der Waals surface area contributed by atoms with E-state index in [0.717, 1.165) is 36.7 Å². The average molecular weight is 340 g/mol. The van der Waals surface area contributed by atoms with Crippen LogP contribution in [0.1, 0.15) is 12.0 Å². The average Bonchev–Trinajstić information content (AvgIpc) is 2.89. The fourth-order valence-corrected chi connectivity index (χ4v) is 3.00. The Morgan fingerprint density at radius 3 is 3.10 bits per heavy atom. The third-order valence-electron chi connectivity index (χ3n) is 3.54. The molecule has 5 heteroatoms. The Morgan fingerprint density at radius 1 is 1.55 bits per heavy atom. The molecule has 1 heterocycles. The number of methoxy groups -OCH3 is 1. The van der Waals surface area contributed by atoms with Crippen LogP contribution in [0, 0.1) is 5.92 Å². The number of halogens is 1. The zero-order valence-corrected chi connectivity index (χ0v) is 13.7. The molecule has 110 valence electrons. The fraction of sp³-hybridized carbons (Fsp3) is 0.533. The molecule has 1 atom stereocenters. The SMILES string of the molecule is CN=C(NCc1cccc(Br)c1)N1CCC(COC)C1. The van der Waals surface area contributed by atoms with E-state index in [1.807, 2.05) is 19.2 Å². The molecule has 20 heavy (non-hydrogen) atoms. The monoisotopic (exact) mass is 339 g/mol. The molecule has 0 radical (unpaired) electrons. The Balaban J connectivity index is 1.87. The van der Waals surface area contributed by atoms with Gasteiger partial charge in [-0.2, -0.15) is 0 Å². The summed E-state index contributed by atoms with van der Waals surface area (Å²) in [6.07, 6.45) is 1.17. The van der Waals surface area contributed by atoms with Gasteiger partial charge in [0, 0.05) is 44.2 Å². The van der Waals surface area contributed by atoms with Crippen molar-refractivity contribution >= 4 is 21.9 Å². The minimum atomic E-state index is 0.615. The van der Waals surface area contributed by atoms with Crippen LogP contribution in [0.4, 0.5) is 0 Å². The predicted molar refractivity (Wildman–Crippen MR) is 85.9 cm³/mol. The molecule has 0 aliphatic carbocycles. The van der Waals surface area contributed by atoms with Gasteiger partial charge in [-0.3, -0.25) is 4.99 Å². The van der Waals surface area contributed by atoms with Crippen LogP contribution in [0.2, 0.25) is 0 Å². The zero-order valence-electron chi connectivity index (χ0n) is 12.1. The standard InChI is InChI=1S/C15H22BrN3O/c1-17-15(19-7-6-13(10-19)11-20-2)18-9-12-4-3-5-14(16)8-12/h3-5,8,13H,6-7,9-11H2,1-2H3,(H,17,18). The van der Waals surface area contributed by atoms with E-state index in [0.29, 0.717) is 5.92 Å². The van der Waals surface area contributed by atoms with Gasteiger partial charge in [-0.05, 0) is 24.1 Å². The molecule has 1 N–H and O–H groups in total. The van der Waals surface area contributed by atoms with E-state index in [4.69, 9.17) is 4.74 Å². The van der Waals surface area contributed by atoms with Gasteiger partial charge < -0.3 is 15.0 Å². The first-order valence-electron chi connectivity index (χ1n) is 6.92. The zero-order chi connectivity index (χ0) is 14.4. The highest BCUT2D eigenvalue weighted by Gasteiger charge is 2.24. The van der Waals surface area contributed by atoms with Gasteiger partial charge in [-0.25, -0.2) is 0 Å². The number of nitrogens with one attached hydrogen (secondary N) is 1. The van der Waals surface area contributed by atoms with Crippen molar-refractivity contribution in [1.29, 1.82) is 0 Å². The lowest BCUT2D eigenvalue weighted by Gasteiger charge is -2.21. The second-order valence-corrected chi connectivity index (χ2v) is 6.00. The molecule has 1 aromatic carbocycles. The summed E-state index contributed by atoms with van der Waals surface area (Å²) in [5, 5.41) is 3.43. The van der Waals surface area contributed by atoms with Crippen molar-refractivity contribution in [3.05, 3.63) is 34.3 Å². The normalized spacial score (nSPS) is 19.4. The minimum Gasteiger partial charge on any atom is -0.384 e. The number of nitrogens with zero attached hydrogens (tertiary/aromatic N) is 2. The quantitative estimate of drug-likeness (QED) is 0.676. The number of likely N-dealkylation sites (tertiary alicyclic amines) is 1. The summed E-state index contributed by atoms with van der Waals surface area (Å²) in [6.45, 7) is 3.69. The third-order valence-corrected chi connectivity index (χ3v) is 4.03. The fourth-order valence-electron chi connectivity index (χ4n) is 2.56. The van der Waals surface area contributed by atoms with Crippen LogP contribution >= 0.6 is 15.9 Å². The highest BCUT2D eigenvalue weighted by molar-refractivity contribution is 9.10. The van der Waals surface area contributed by atoms with Crippen LogP contribution in [0.5, 0.6) is 0 Å². The highest BCUT2D eigenvalue weighted by Crippen LogP contribution is 2.16. The van der Waals surface area contributed by atoms with Gasteiger partial charge in [0.1, 0.15) is 0 Å². The van der Waals surface area contributed by atoms with Gasteiger partial charge >= 0.3 is 0 Å². The lowest BCUT2D eigenvalue weighted by Crippen LogP contribution is -2.39. The summed E-state index contributed by atoms with van der Waals surface area (Å²) in [7, 11) is 3.61. The number of hydrogen-bond donors (Lipinski definition) is 1. The largest absolute Gasteiger partial charge is 0.384 e. The maximum Gasteiger partial charge on any atom is 0.193 e. The van der Waals surface area contributed by atoms with Crippen LogP contribution < -0.4 is 5.32 Å². The van der Waals surface area contributed by atoms with Crippen LogP contribution in [0.3, 0.4) is 0 Å². The molecule has 0 amide bonds. The van der Waals surface area contributed by atoms with Gasteiger partial charge in [0.25, 0.3) is 0 Å². The van der Waals surface area contributed by atoms with Crippen molar-refractivity contribution in [2.45, 2.75) is 13.0 Å². The van der Waals surface area contributed by atoms with Crippen molar-refractivity contribution in [2.75, 3.05) is 33.9 Å². The van der Waals surface area contributed by atoms with E-state index in [9.17, 15) is 0 Å². The molecule has 2 rings (SSSR count). The Hall–Kier alpha value is -1.07. The van der Waals surface area contributed by atoms with E-state index in [1.54, 1.807) is 7.11 Å². The van der Waals surface area contributed by atoms with Crippen molar-refractivity contribution in [2.24, 2.45) is 10.9 Å². The molecule has 0 bridgehead atoms. The highest BCUT2D eigenvalue weighted by atomic mass is 79.9. The molecule has 1 unspecified atom stereocenters. The number of guanidine groups is 1. The van der Waals surface area contributed by atoms with Crippen LogP contribution in [0.25, 0.3) is 0 Å². The van der Waals surface area contributed by atoms with Gasteiger partial charge in [0.15, 0.2) is 5.96 Å². The van der Waals surface area contributed by atoms with Crippen molar-refractivity contribution in [1.82, 2.24) is 10.2 Å². The number of hydrogen-bond acceptors (Lipinski definition) is 2. The van der Waals surface area contributed by atoms with Crippen LogP contribution in [-0.4, -0.2) is 44.7 Å². The maximum atomic E-state index is 5.24. The Morgan fingerprint density at radius 2 is 2.40 bits per heavy atom.